The van der Waals surface area contributed by atoms with Crippen molar-refractivity contribution in [2.75, 3.05) is 13.2 Å². The standard InChI is InChI=1S/C39H72O5/c1-3-5-7-9-11-13-15-17-19-21-23-25-27-29-31-33-38(41)43-36-37(35-40)44-39(42)34-32-30-28-26-24-22-20-18-16-14-12-10-8-6-4-2/h17-20,37,40H,3-16,21-36H2,1-2H3/b19-17-,20-18-/t37-/m1/s1. The maximum absolute atomic E-state index is 12.1. The minimum absolute atomic E-state index is 0.0709. The van der Waals surface area contributed by atoms with Gasteiger partial charge in [-0.05, 0) is 64.2 Å². The molecule has 0 aromatic heterocycles. The van der Waals surface area contributed by atoms with Crippen molar-refractivity contribution in [3.05, 3.63) is 24.3 Å². The average Bonchev–Trinajstić information content (AvgIpc) is 3.02. The second-order valence-electron chi connectivity index (χ2n) is 12.6. The van der Waals surface area contributed by atoms with Crippen LogP contribution in [0.4, 0.5) is 0 Å². The molecule has 0 aromatic rings. The third-order valence-electron chi connectivity index (χ3n) is 8.22. The molecule has 0 saturated carbocycles. The lowest BCUT2D eigenvalue weighted by molar-refractivity contribution is -0.161. The lowest BCUT2D eigenvalue weighted by atomic mass is 10.1. The van der Waals surface area contributed by atoms with Crippen LogP contribution in [0.15, 0.2) is 24.3 Å². The van der Waals surface area contributed by atoms with Gasteiger partial charge >= 0.3 is 11.9 Å². The van der Waals surface area contributed by atoms with Crippen LogP contribution in [-0.2, 0) is 19.1 Å². The van der Waals surface area contributed by atoms with E-state index in [0.29, 0.717) is 12.8 Å². The van der Waals surface area contributed by atoms with Gasteiger partial charge in [0.1, 0.15) is 6.61 Å². The summed E-state index contributed by atoms with van der Waals surface area (Å²) in [6.07, 6.45) is 40.9. The number of carbonyl (C=O) groups is 2. The Morgan fingerprint density at radius 2 is 0.841 bits per heavy atom. The number of aliphatic hydroxyl groups excluding tert-OH is 1. The predicted octanol–water partition coefficient (Wildman–Crippen LogP) is 11.5. The first-order valence-corrected chi connectivity index (χ1v) is 18.9. The minimum Gasteiger partial charge on any atom is -0.462 e. The molecule has 0 aromatic carbocycles. The second kappa shape index (κ2) is 35.9. The van der Waals surface area contributed by atoms with E-state index < -0.39 is 6.10 Å². The van der Waals surface area contributed by atoms with E-state index in [0.717, 1.165) is 51.4 Å². The largest absolute Gasteiger partial charge is 0.462 e. The molecule has 0 saturated heterocycles. The number of aliphatic hydroxyl groups is 1. The summed E-state index contributed by atoms with van der Waals surface area (Å²) >= 11 is 0. The van der Waals surface area contributed by atoms with Crippen LogP contribution in [0.3, 0.4) is 0 Å². The van der Waals surface area contributed by atoms with Crippen molar-refractivity contribution in [1.82, 2.24) is 0 Å². The highest BCUT2D eigenvalue weighted by atomic mass is 16.6. The molecule has 0 aliphatic rings. The van der Waals surface area contributed by atoms with Gasteiger partial charge in [0.15, 0.2) is 6.10 Å². The van der Waals surface area contributed by atoms with Crippen LogP contribution < -0.4 is 0 Å². The van der Waals surface area contributed by atoms with Crippen molar-refractivity contribution in [3.63, 3.8) is 0 Å². The lowest BCUT2D eigenvalue weighted by Gasteiger charge is -2.15. The van der Waals surface area contributed by atoms with Gasteiger partial charge in [-0.25, -0.2) is 0 Å². The summed E-state index contributed by atoms with van der Waals surface area (Å²) < 4.78 is 10.6. The number of hydrogen-bond donors (Lipinski definition) is 1. The lowest BCUT2D eigenvalue weighted by Crippen LogP contribution is -2.28. The topological polar surface area (TPSA) is 72.8 Å². The van der Waals surface area contributed by atoms with Gasteiger partial charge in [-0.1, -0.05) is 141 Å². The Hall–Kier alpha value is -1.62. The summed E-state index contributed by atoms with van der Waals surface area (Å²) in [4.78, 5) is 24.2. The molecule has 0 aliphatic heterocycles. The van der Waals surface area contributed by atoms with Gasteiger partial charge in [-0.15, -0.1) is 0 Å². The van der Waals surface area contributed by atoms with E-state index in [1.54, 1.807) is 0 Å². The normalized spacial score (nSPS) is 12.3. The van der Waals surface area contributed by atoms with Gasteiger partial charge in [0.2, 0.25) is 0 Å². The first-order valence-electron chi connectivity index (χ1n) is 18.9. The fraction of sp³-hybridized carbons (Fsp3) is 0.846. The zero-order valence-corrected chi connectivity index (χ0v) is 29.2. The minimum atomic E-state index is -0.774. The first-order chi connectivity index (χ1) is 21.6. The van der Waals surface area contributed by atoms with Crippen molar-refractivity contribution in [2.45, 2.75) is 200 Å². The first kappa shape index (κ1) is 42.4. The summed E-state index contributed by atoms with van der Waals surface area (Å²) in [7, 11) is 0. The van der Waals surface area contributed by atoms with Crippen LogP contribution in [0.2, 0.25) is 0 Å². The van der Waals surface area contributed by atoms with E-state index in [2.05, 4.69) is 38.2 Å². The molecule has 0 fully saturated rings. The number of allylic oxidation sites excluding steroid dienone is 4. The molecule has 1 atom stereocenters. The molecular weight excluding hydrogens is 548 g/mol. The fourth-order valence-electron chi connectivity index (χ4n) is 5.31. The second-order valence-corrected chi connectivity index (χ2v) is 12.6. The van der Waals surface area contributed by atoms with Gasteiger partial charge in [-0.3, -0.25) is 9.59 Å². The summed E-state index contributed by atoms with van der Waals surface area (Å²) in [5.74, 6) is -0.607. The van der Waals surface area contributed by atoms with Gasteiger partial charge < -0.3 is 14.6 Å². The van der Waals surface area contributed by atoms with Crippen LogP contribution in [0.25, 0.3) is 0 Å². The van der Waals surface area contributed by atoms with Crippen molar-refractivity contribution >= 4 is 11.9 Å². The Labute approximate surface area is 273 Å². The number of unbranched alkanes of at least 4 members (excludes halogenated alkanes) is 22. The molecular formula is C39H72O5. The molecule has 1 N–H and O–H groups in total. The van der Waals surface area contributed by atoms with E-state index in [1.807, 2.05) is 0 Å². The van der Waals surface area contributed by atoms with E-state index in [1.165, 1.54) is 116 Å². The Bertz CT molecular complexity index is 671. The van der Waals surface area contributed by atoms with Crippen LogP contribution in [-0.4, -0.2) is 36.4 Å². The van der Waals surface area contributed by atoms with E-state index in [4.69, 9.17) is 9.47 Å². The Balaban J connectivity index is 3.58. The van der Waals surface area contributed by atoms with Crippen LogP contribution in [0.5, 0.6) is 0 Å². The number of esters is 2. The van der Waals surface area contributed by atoms with E-state index in [9.17, 15) is 14.7 Å². The van der Waals surface area contributed by atoms with Gasteiger partial charge in [-0.2, -0.15) is 0 Å². The number of ether oxygens (including phenoxy) is 2. The molecule has 0 heterocycles. The predicted molar refractivity (Wildman–Crippen MR) is 187 cm³/mol. The number of carbonyl (C=O) groups excluding carboxylic acids is 2. The fourth-order valence-corrected chi connectivity index (χ4v) is 5.31. The molecule has 0 aliphatic carbocycles. The summed E-state index contributed by atoms with van der Waals surface area (Å²) in [5, 5.41) is 9.53. The van der Waals surface area contributed by atoms with Crippen molar-refractivity contribution < 1.29 is 24.2 Å². The van der Waals surface area contributed by atoms with Crippen molar-refractivity contribution in [1.29, 1.82) is 0 Å². The van der Waals surface area contributed by atoms with Crippen LogP contribution >= 0.6 is 0 Å². The van der Waals surface area contributed by atoms with Crippen molar-refractivity contribution in [3.8, 4) is 0 Å². The molecule has 258 valence electrons. The summed E-state index contributed by atoms with van der Waals surface area (Å²) in [5.41, 5.74) is 0. The SMILES string of the molecule is CCCCCCCC/C=C\CCCCCCCC(=O)OC[C@@H](CO)OC(=O)CCCCCCC/C=C\CCCCCCCC. The molecule has 0 amide bonds. The van der Waals surface area contributed by atoms with Crippen LogP contribution in [0, 0.1) is 0 Å². The quantitative estimate of drug-likeness (QED) is 0.0440. The number of hydrogen-bond acceptors (Lipinski definition) is 5. The average molecular weight is 621 g/mol. The Morgan fingerprint density at radius 1 is 0.500 bits per heavy atom. The third kappa shape index (κ3) is 33.3. The summed E-state index contributed by atoms with van der Waals surface area (Å²) in [6.45, 7) is 4.11. The highest BCUT2D eigenvalue weighted by Crippen LogP contribution is 2.12. The zero-order chi connectivity index (χ0) is 32.2. The van der Waals surface area contributed by atoms with Gasteiger partial charge in [0.05, 0.1) is 6.61 Å². The molecule has 0 radical (unpaired) electrons. The number of rotatable bonds is 34. The molecule has 0 rings (SSSR count). The third-order valence-corrected chi connectivity index (χ3v) is 8.22. The highest BCUT2D eigenvalue weighted by molar-refractivity contribution is 5.70. The van der Waals surface area contributed by atoms with Gasteiger partial charge in [0.25, 0.3) is 0 Å². The van der Waals surface area contributed by atoms with Gasteiger partial charge in [0, 0.05) is 12.8 Å². The molecule has 0 unspecified atom stereocenters. The van der Waals surface area contributed by atoms with Crippen LogP contribution in [0.1, 0.15) is 194 Å². The van der Waals surface area contributed by atoms with E-state index >= 15 is 0 Å². The summed E-state index contributed by atoms with van der Waals surface area (Å²) in [6, 6.07) is 0. The Kier molecular flexibility index (Phi) is 34.5. The van der Waals surface area contributed by atoms with E-state index in [-0.39, 0.29) is 25.2 Å². The maximum Gasteiger partial charge on any atom is 0.306 e. The molecule has 5 nitrogen and oxygen atoms in total. The Morgan fingerprint density at radius 3 is 1.23 bits per heavy atom. The molecule has 44 heavy (non-hydrogen) atoms. The zero-order valence-electron chi connectivity index (χ0n) is 29.2. The smallest absolute Gasteiger partial charge is 0.306 e. The van der Waals surface area contributed by atoms with Crippen molar-refractivity contribution in [2.24, 2.45) is 0 Å². The highest BCUT2D eigenvalue weighted by Gasteiger charge is 2.16. The molecule has 0 spiro atoms. The maximum atomic E-state index is 12.1. The molecule has 0 bridgehead atoms. The monoisotopic (exact) mass is 621 g/mol. The molecule has 5 heteroatoms.